The molecule has 0 unspecified atom stereocenters. The van der Waals surface area contributed by atoms with Crippen molar-refractivity contribution in [2.75, 3.05) is 0 Å². The van der Waals surface area contributed by atoms with Crippen LogP contribution in [-0.4, -0.2) is 6.36 Å². The average molecular weight is 197 g/mol. The second-order valence-electron chi connectivity index (χ2n) is 2.03. The van der Waals surface area contributed by atoms with Gasteiger partial charge in [-0.15, -0.1) is 13.2 Å². The molecule has 0 amide bonds. The van der Waals surface area contributed by atoms with Gasteiger partial charge in [0.2, 0.25) is 5.82 Å². The van der Waals surface area contributed by atoms with E-state index in [-0.39, 0.29) is 0 Å². The van der Waals surface area contributed by atoms with E-state index in [0.717, 1.165) is 0 Å². The largest absolute Gasteiger partial charge is 0.573 e. The lowest BCUT2D eigenvalue weighted by atomic mass is 10.3. The van der Waals surface area contributed by atoms with E-state index in [1.54, 1.807) is 0 Å². The topological polar surface area (TPSA) is 9.23 Å². The zero-order valence-electron chi connectivity index (χ0n) is 5.95. The standard InChI is InChI=1S/C7H2F5O/c8-4-2-1-3-5(6(4)9)13-7(10,11)12/h2-3H. The molecule has 0 heterocycles. The molecule has 0 N–H and O–H groups in total. The summed E-state index contributed by atoms with van der Waals surface area (Å²) < 4.78 is 62.6. The minimum Gasteiger partial charge on any atom is -0.403 e. The molecule has 0 saturated heterocycles. The molecule has 13 heavy (non-hydrogen) atoms. The lowest BCUT2D eigenvalue weighted by Gasteiger charge is -2.08. The Morgan fingerprint density at radius 3 is 2.31 bits per heavy atom. The smallest absolute Gasteiger partial charge is 0.403 e. The van der Waals surface area contributed by atoms with Crippen molar-refractivity contribution in [1.29, 1.82) is 0 Å². The molecule has 0 spiro atoms. The van der Waals surface area contributed by atoms with Gasteiger partial charge in [-0.25, -0.2) is 4.39 Å². The highest BCUT2D eigenvalue weighted by atomic mass is 19.4. The normalized spacial score (nSPS) is 11.5. The molecule has 0 aromatic heterocycles. The first-order valence-electron chi connectivity index (χ1n) is 3.01. The van der Waals surface area contributed by atoms with Crippen LogP contribution in [0.4, 0.5) is 22.0 Å². The highest BCUT2D eigenvalue weighted by Gasteiger charge is 2.32. The fourth-order valence-electron chi connectivity index (χ4n) is 0.634. The maximum atomic E-state index is 12.5. The van der Waals surface area contributed by atoms with Gasteiger partial charge in [-0.3, -0.25) is 0 Å². The molecule has 0 fully saturated rings. The Balaban J connectivity index is 2.96. The van der Waals surface area contributed by atoms with Gasteiger partial charge in [0, 0.05) is 0 Å². The summed E-state index contributed by atoms with van der Waals surface area (Å²) in [5.41, 5.74) is 0. The predicted molar refractivity (Wildman–Crippen MR) is 31.9 cm³/mol. The fourth-order valence-corrected chi connectivity index (χ4v) is 0.634. The van der Waals surface area contributed by atoms with Crippen LogP contribution in [-0.2, 0) is 0 Å². The summed E-state index contributed by atoms with van der Waals surface area (Å²) in [5, 5.41) is 0. The van der Waals surface area contributed by atoms with Crippen molar-refractivity contribution in [2.24, 2.45) is 0 Å². The lowest BCUT2D eigenvalue weighted by Crippen LogP contribution is -2.18. The molecular weight excluding hydrogens is 195 g/mol. The van der Waals surface area contributed by atoms with Crippen LogP contribution in [0, 0.1) is 17.7 Å². The predicted octanol–water partition coefficient (Wildman–Crippen LogP) is 2.66. The van der Waals surface area contributed by atoms with Crippen molar-refractivity contribution in [2.45, 2.75) is 6.36 Å². The third-order valence-electron chi connectivity index (χ3n) is 1.08. The monoisotopic (exact) mass is 197 g/mol. The fraction of sp³-hybridized carbons (Fsp3) is 0.143. The quantitative estimate of drug-likeness (QED) is 0.629. The number of benzene rings is 1. The van der Waals surface area contributed by atoms with Crippen LogP contribution >= 0.6 is 0 Å². The molecule has 0 aliphatic rings. The highest BCUT2D eigenvalue weighted by Crippen LogP contribution is 2.26. The third-order valence-corrected chi connectivity index (χ3v) is 1.08. The van der Waals surface area contributed by atoms with E-state index < -0.39 is 23.7 Å². The second kappa shape index (κ2) is 3.20. The maximum absolute atomic E-state index is 12.5. The molecule has 1 rings (SSSR count). The summed E-state index contributed by atoms with van der Waals surface area (Å²) in [6, 6.07) is 3.08. The summed E-state index contributed by atoms with van der Waals surface area (Å²) in [4.78, 5) is 0. The molecule has 6 heteroatoms. The van der Waals surface area contributed by atoms with Gasteiger partial charge in [0.05, 0.1) is 0 Å². The van der Waals surface area contributed by atoms with Crippen LogP contribution in [0.5, 0.6) is 5.75 Å². The number of alkyl halides is 3. The molecule has 1 aromatic rings. The van der Waals surface area contributed by atoms with Crippen molar-refractivity contribution in [1.82, 2.24) is 0 Å². The zero-order chi connectivity index (χ0) is 10.1. The molecule has 1 radical (unpaired) electrons. The molecule has 0 aliphatic heterocycles. The molecule has 0 aliphatic carbocycles. The van der Waals surface area contributed by atoms with E-state index in [4.69, 9.17) is 0 Å². The van der Waals surface area contributed by atoms with Crippen molar-refractivity contribution < 1.29 is 26.7 Å². The molecular formula is C7H2F5O. The van der Waals surface area contributed by atoms with E-state index in [0.29, 0.717) is 12.1 Å². The Hall–Kier alpha value is -1.33. The van der Waals surface area contributed by atoms with E-state index in [2.05, 4.69) is 4.74 Å². The Kier molecular flexibility index (Phi) is 2.40. The molecule has 0 bridgehead atoms. The van der Waals surface area contributed by atoms with Crippen molar-refractivity contribution in [3.63, 3.8) is 0 Å². The van der Waals surface area contributed by atoms with E-state index in [9.17, 15) is 22.0 Å². The number of hydrogen-bond acceptors (Lipinski definition) is 1. The number of hydrogen-bond donors (Lipinski definition) is 0. The maximum Gasteiger partial charge on any atom is 0.573 e. The second-order valence-corrected chi connectivity index (χ2v) is 2.03. The summed E-state index contributed by atoms with van der Waals surface area (Å²) in [6.45, 7) is 0. The van der Waals surface area contributed by atoms with Crippen molar-refractivity contribution in [3.05, 3.63) is 29.8 Å². The Morgan fingerprint density at radius 1 is 1.15 bits per heavy atom. The summed E-state index contributed by atoms with van der Waals surface area (Å²) in [6.07, 6.45) is -5.04. The third kappa shape index (κ3) is 2.57. The molecule has 71 valence electrons. The number of rotatable bonds is 1. The Morgan fingerprint density at radius 2 is 1.77 bits per heavy atom. The van der Waals surface area contributed by atoms with Gasteiger partial charge in [0.1, 0.15) is 0 Å². The molecule has 0 saturated carbocycles. The van der Waals surface area contributed by atoms with Crippen LogP contribution in [0.25, 0.3) is 0 Å². The van der Waals surface area contributed by atoms with Gasteiger partial charge in [-0.05, 0) is 18.2 Å². The Bertz CT molecular complexity index is 306. The van der Waals surface area contributed by atoms with Gasteiger partial charge >= 0.3 is 6.36 Å². The molecule has 0 atom stereocenters. The number of halogens is 5. The number of ether oxygens (including phenoxy) is 1. The minimum atomic E-state index is -5.04. The van der Waals surface area contributed by atoms with Crippen LogP contribution in [0.1, 0.15) is 0 Å². The zero-order valence-corrected chi connectivity index (χ0v) is 5.95. The van der Waals surface area contributed by atoms with E-state index in [1.807, 2.05) is 6.07 Å². The van der Waals surface area contributed by atoms with Crippen LogP contribution in [0.2, 0.25) is 0 Å². The van der Waals surface area contributed by atoms with Gasteiger partial charge in [-0.2, -0.15) is 4.39 Å². The first-order valence-corrected chi connectivity index (χ1v) is 3.01. The highest BCUT2D eigenvalue weighted by molar-refractivity contribution is 5.24. The summed E-state index contributed by atoms with van der Waals surface area (Å²) >= 11 is 0. The summed E-state index contributed by atoms with van der Waals surface area (Å²) in [7, 11) is 0. The molecule has 1 nitrogen and oxygen atoms in total. The van der Waals surface area contributed by atoms with Gasteiger partial charge in [0.15, 0.2) is 11.6 Å². The lowest BCUT2D eigenvalue weighted by molar-refractivity contribution is -0.275. The van der Waals surface area contributed by atoms with Crippen LogP contribution in [0.3, 0.4) is 0 Å². The van der Waals surface area contributed by atoms with Crippen LogP contribution < -0.4 is 4.74 Å². The molecule has 1 aromatic carbocycles. The van der Waals surface area contributed by atoms with Crippen molar-refractivity contribution >= 4 is 0 Å². The van der Waals surface area contributed by atoms with Crippen LogP contribution in [0.15, 0.2) is 12.1 Å². The first-order chi connectivity index (χ1) is 5.90. The van der Waals surface area contributed by atoms with Gasteiger partial charge < -0.3 is 4.74 Å². The minimum absolute atomic E-state index is 0.561. The SMILES string of the molecule is Fc1c[c]cc(OC(F)(F)F)c1F. The van der Waals surface area contributed by atoms with E-state index in [1.165, 1.54) is 0 Å². The van der Waals surface area contributed by atoms with Gasteiger partial charge in [0.25, 0.3) is 0 Å². The van der Waals surface area contributed by atoms with Gasteiger partial charge in [-0.1, -0.05) is 0 Å². The van der Waals surface area contributed by atoms with E-state index >= 15 is 0 Å². The van der Waals surface area contributed by atoms with Crippen molar-refractivity contribution in [3.8, 4) is 5.75 Å². The average Bonchev–Trinajstić information content (AvgIpc) is 1.96. The first kappa shape index (κ1) is 9.76. The Labute approximate surface area is 69.7 Å². The summed E-state index contributed by atoms with van der Waals surface area (Å²) in [5.74, 6) is -4.36.